The lowest BCUT2D eigenvalue weighted by Crippen LogP contribution is -2.11. The zero-order valence-electron chi connectivity index (χ0n) is 7.91. The first-order chi connectivity index (χ1) is 6.97. The molecule has 1 saturated carbocycles. The van der Waals surface area contributed by atoms with Crippen molar-refractivity contribution in [3.8, 4) is 0 Å². The average molecular weight is 220 g/mol. The molecule has 2 unspecified atom stereocenters. The van der Waals surface area contributed by atoms with Crippen LogP contribution in [0.1, 0.15) is 31.0 Å². The van der Waals surface area contributed by atoms with Crippen LogP contribution in [-0.4, -0.2) is 21.0 Å². The molecule has 0 saturated heterocycles. The van der Waals surface area contributed by atoms with Crippen LogP contribution in [0.25, 0.3) is 0 Å². The van der Waals surface area contributed by atoms with Crippen molar-refractivity contribution in [2.24, 2.45) is 0 Å². The fourth-order valence-corrected chi connectivity index (χ4v) is 1.87. The van der Waals surface area contributed by atoms with E-state index in [9.17, 15) is 18.3 Å². The van der Waals surface area contributed by atoms with Crippen molar-refractivity contribution in [1.29, 1.82) is 0 Å². The van der Waals surface area contributed by atoms with Gasteiger partial charge in [-0.15, -0.1) is 0 Å². The molecule has 0 amide bonds. The van der Waals surface area contributed by atoms with Gasteiger partial charge >= 0.3 is 6.18 Å². The fraction of sp³-hybridized carbons (Fsp3) is 0.667. The summed E-state index contributed by atoms with van der Waals surface area (Å²) in [6.45, 7) is 0. The first kappa shape index (κ1) is 10.5. The van der Waals surface area contributed by atoms with Gasteiger partial charge in [0.25, 0.3) is 0 Å². The van der Waals surface area contributed by atoms with Crippen LogP contribution in [-0.2, 0) is 6.18 Å². The number of alkyl halides is 3. The molecule has 84 valence electrons. The molecule has 1 aromatic rings. The third kappa shape index (κ3) is 2.14. The van der Waals surface area contributed by atoms with Crippen LogP contribution in [0, 0.1) is 0 Å². The van der Waals surface area contributed by atoms with Crippen LogP contribution in [0.15, 0.2) is 12.3 Å². The Morgan fingerprint density at radius 3 is 2.60 bits per heavy atom. The van der Waals surface area contributed by atoms with Gasteiger partial charge in [-0.1, -0.05) is 0 Å². The molecule has 1 aromatic heterocycles. The van der Waals surface area contributed by atoms with E-state index in [2.05, 4.69) is 5.10 Å². The summed E-state index contributed by atoms with van der Waals surface area (Å²) in [6, 6.07) is 0.862. The normalized spacial score (nSPS) is 27.2. The lowest BCUT2D eigenvalue weighted by Gasteiger charge is -2.09. The largest absolute Gasteiger partial charge is 0.435 e. The van der Waals surface area contributed by atoms with Gasteiger partial charge in [0, 0.05) is 6.20 Å². The highest BCUT2D eigenvalue weighted by Crippen LogP contribution is 2.32. The third-order valence-electron chi connectivity index (χ3n) is 2.65. The number of hydrogen-bond acceptors (Lipinski definition) is 2. The van der Waals surface area contributed by atoms with E-state index in [4.69, 9.17) is 0 Å². The van der Waals surface area contributed by atoms with Gasteiger partial charge in [0.05, 0.1) is 12.1 Å². The molecule has 0 bridgehead atoms. The zero-order chi connectivity index (χ0) is 11.1. The molecule has 15 heavy (non-hydrogen) atoms. The number of aliphatic hydroxyl groups excluding tert-OH is 1. The Kier molecular flexibility index (Phi) is 2.46. The van der Waals surface area contributed by atoms with Gasteiger partial charge in [-0.2, -0.15) is 18.3 Å². The molecule has 1 N–H and O–H groups in total. The molecule has 2 rings (SSSR count). The summed E-state index contributed by atoms with van der Waals surface area (Å²) in [5.41, 5.74) is -0.871. The molecule has 0 radical (unpaired) electrons. The van der Waals surface area contributed by atoms with Crippen LogP contribution in [0.5, 0.6) is 0 Å². The predicted molar refractivity (Wildman–Crippen MR) is 46.1 cm³/mol. The van der Waals surface area contributed by atoms with Gasteiger partial charge in [0.1, 0.15) is 0 Å². The van der Waals surface area contributed by atoms with Gasteiger partial charge in [-0.25, -0.2) is 0 Å². The maximum absolute atomic E-state index is 12.2. The van der Waals surface area contributed by atoms with Gasteiger partial charge in [0.15, 0.2) is 5.69 Å². The zero-order valence-corrected chi connectivity index (χ0v) is 7.91. The Hall–Kier alpha value is -1.04. The van der Waals surface area contributed by atoms with Crippen molar-refractivity contribution in [3.63, 3.8) is 0 Å². The van der Waals surface area contributed by atoms with E-state index in [1.54, 1.807) is 0 Å². The summed E-state index contributed by atoms with van der Waals surface area (Å²) in [4.78, 5) is 0. The minimum absolute atomic E-state index is 0.101. The van der Waals surface area contributed by atoms with Gasteiger partial charge < -0.3 is 5.11 Å². The Morgan fingerprint density at radius 1 is 1.40 bits per heavy atom. The minimum Gasteiger partial charge on any atom is -0.393 e. The van der Waals surface area contributed by atoms with E-state index in [0.717, 1.165) is 6.07 Å². The number of aliphatic hydroxyl groups is 1. The van der Waals surface area contributed by atoms with E-state index in [-0.39, 0.29) is 6.04 Å². The summed E-state index contributed by atoms with van der Waals surface area (Å²) in [7, 11) is 0. The molecular weight excluding hydrogens is 209 g/mol. The predicted octanol–water partition coefficient (Wildman–Crippen LogP) is 1.99. The maximum Gasteiger partial charge on any atom is 0.435 e. The van der Waals surface area contributed by atoms with Crippen molar-refractivity contribution < 1.29 is 18.3 Å². The van der Waals surface area contributed by atoms with Crippen LogP contribution in [0.2, 0.25) is 0 Å². The SMILES string of the molecule is OC1CCC(n2ccc(C(F)(F)F)n2)C1. The Bertz CT molecular complexity index is 347. The minimum atomic E-state index is -4.39. The first-order valence-electron chi connectivity index (χ1n) is 4.77. The quantitative estimate of drug-likeness (QED) is 0.785. The van der Waals surface area contributed by atoms with Crippen LogP contribution in [0.3, 0.4) is 0 Å². The molecule has 2 atom stereocenters. The number of halogens is 3. The molecular formula is C9H11F3N2O. The molecule has 0 spiro atoms. The maximum atomic E-state index is 12.2. The Balaban J connectivity index is 2.14. The van der Waals surface area contributed by atoms with Crippen LogP contribution >= 0.6 is 0 Å². The van der Waals surface area contributed by atoms with E-state index >= 15 is 0 Å². The van der Waals surface area contributed by atoms with Crippen molar-refractivity contribution in [3.05, 3.63) is 18.0 Å². The van der Waals surface area contributed by atoms with Crippen LogP contribution in [0.4, 0.5) is 13.2 Å². The number of rotatable bonds is 1. The molecule has 1 heterocycles. The average Bonchev–Trinajstić information content (AvgIpc) is 2.69. The van der Waals surface area contributed by atoms with Gasteiger partial charge in [0.2, 0.25) is 0 Å². The molecule has 0 aliphatic heterocycles. The topological polar surface area (TPSA) is 38.0 Å². The van der Waals surface area contributed by atoms with E-state index in [1.165, 1.54) is 10.9 Å². The third-order valence-corrected chi connectivity index (χ3v) is 2.65. The molecule has 3 nitrogen and oxygen atoms in total. The van der Waals surface area contributed by atoms with E-state index in [0.29, 0.717) is 19.3 Å². The second kappa shape index (κ2) is 3.52. The van der Waals surface area contributed by atoms with Crippen molar-refractivity contribution in [1.82, 2.24) is 9.78 Å². The lowest BCUT2D eigenvalue weighted by atomic mass is 10.2. The summed E-state index contributed by atoms with van der Waals surface area (Å²) in [6.07, 6.45) is -1.67. The van der Waals surface area contributed by atoms with Crippen molar-refractivity contribution >= 4 is 0 Å². The number of aromatic nitrogens is 2. The second-order valence-electron chi connectivity index (χ2n) is 3.80. The molecule has 1 aliphatic carbocycles. The molecule has 6 heteroatoms. The summed E-state index contributed by atoms with van der Waals surface area (Å²) in [5.74, 6) is 0. The molecule has 1 fully saturated rings. The summed E-state index contributed by atoms with van der Waals surface area (Å²) < 4.78 is 38.0. The smallest absolute Gasteiger partial charge is 0.393 e. The summed E-state index contributed by atoms with van der Waals surface area (Å²) >= 11 is 0. The van der Waals surface area contributed by atoms with Crippen molar-refractivity contribution in [2.75, 3.05) is 0 Å². The van der Waals surface area contributed by atoms with Crippen LogP contribution < -0.4 is 0 Å². The first-order valence-corrected chi connectivity index (χ1v) is 4.77. The standard InChI is InChI=1S/C9H11F3N2O/c10-9(11,12)8-3-4-14(13-8)6-1-2-7(15)5-6/h3-4,6-7,15H,1-2,5H2. The number of hydrogen-bond donors (Lipinski definition) is 1. The van der Waals surface area contributed by atoms with E-state index < -0.39 is 18.0 Å². The van der Waals surface area contributed by atoms with Gasteiger partial charge in [-0.3, -0.25) is 4.68 Å². The second-order valence-corrected chi connectivity index (χ2v) is 3.80. The highest BCUT2D eigenvalue weighted by Gasteiger charge is 2.34. The van der Waals surface area contributed by atoms with Gasteiger partial charge in [-0.05, 0) is 25.3 Å². The summed E-state index contributed by atoms with van der Waals surface area (Å²) in [5, 5.41) is 12.7. The highest BCUT2D eigenvalue weighted by atomic mass is 19.4. The van der Waals surface area contributed by atoms with Crippen molar-refractivity contribution in [2.45, 2.75) is 37.6 Å². The highest BCUT2D eigenvalue weighted by molar-refractivity contribution is 5.04. The molecule has 1 aliphatic rings. The monoisotopic (exact) mass is 220 g/mol. The lowest BCUT2D eigenvalue weighted by molar-refractivity contribution is -0.141. The molecule has 0 aromatic carbocycles. The fourth-order valence-electron chi connectivity index (χ4n) is 1.87. The number of nitrogens with zero attached hydrogens (tertiary/aromatic N) is 2. The van der Waals surface area contributed by atoms with E-state index in [1.807, 2.05) is 0 Å². The Labute approximate surface area is 84.5 Å². The Morgan fingerprint density at radius 2 is 2.13 bits per heavy atom.